The summed E-state index contributed by atoms with van der Waals surface area (Å²) >= 11 is 15.1. The zero-order valence-electron chi connectivity index (χ0n) is 14.3. The van der Waals surface area contributed by atoms with Crippen molar-refractivity contribution in [2.45, 2.75) is 0 Å². The standard InChI is InChI=1S/C17H11BrCl2N6O3/c18-9-2-1-3-11(6-9)23-15-14(26(28)29)16(22-8-21-15)24-25-17(27)12-5-4-10(19)7-13(12)20/h1-8H,(H,25,27)(H2,21,22,23,24). The van der Waals surface area contributed by atoms with Gasteiger partial charge in [0.1, 0.15) is 6.33 Å². The molecule has 148 valence electrons. The number of hydrazine groups is 1. The lowest BCUT2D eigenvalue weighted by atomic mass is 10.2. The van der Waals surface area contributed by atoms with Crippen LogP contribution in [0.3, 0.4) is 0 Å². The molecule has 1 heterocycles. The van der Waals surface area contributed by atoms with Gasteiger partial charge in [-0.15, -0.1) is 0 Å². The van der Waals surface area contributed by atoms with Crippen LogP contribution in [0.1, 0.15) is 10.4 Å². The largest absolute Gasteiger partial charge is 0.355 e. The molecule has 0 unspecified atom stereocenters. The maximum absolute atomic E-state index is 12.3. The van der Waals surface area contributed by atoms with Crippen LogP contribution in [0.25, 0.3) is 0 Å². The van der Waals surface area contributed by atoms with Crippen molar-refractivity contribution in [2.24, 2.45) is 0 Å². The minimum atomic E-state index is -0.663. The zero-order chi connectivity index (χ0) is 21.0. The van der Waals surface area contributed by atoms with Gasteiger partial charge in [-0.05, 0) is 36.4 Å². The van der Waals surface area contributed by atoms with Gasteiger partial charge < -0.3 is 5.32 Å². The Hall–Kier alpha value is -2.95. The second kappa shape index (κ2) is 9.03. The van der Waals surface area contributed by atoms with Gasteiger partial charge in [0, 0.05) is 15.2 Å². The summed E-state index contributed by atoms with van der Waals surface area (Å²) in [5.41, 5.74) is 5.02. The Bertz CT molecular complexity index is 1100. The zero-order valence-corrected chi connectivity index (χ0v) is 17.4. The highest BCUT2D eigenvalue weighted by Gasteiger charge is 2.24. The lowest BCUT2D eigenvalue weighted by Crippen LogP contribution is -2.30. The molecule has 0 radical (unpaired) electrons. The van der Waals surface area contributed by atoms with Gasteiger partial charge in [-0.3, -0.25) is 25.8 Å². The minimum absolute atomic E-state index is 0.0515. The highest BCUT2D eigenvalue weighted by atomic mass is 79.9. The Morgan fingerprint density at radius 2 is 1.86 bits per heavy atom. The fourth-order valence-corrected chi connectivity index (χ4v) is 3.19. The number of aromatic nitrogens is 2. The molecule has 0 spiro atoms. The first kappa shape index (κ1) is 20.8. The van der Waals surface area contributed by atoms with E-state index >= 15 is 0 Å². The van der Waals surface area contributed by atoms with Gasteiger partial charge in [0.2, 0.25) is 11.6 Å². The molecular weight excluding hydrogens is 487 g/mol. The van der Waals surface area contributed by atoms with Crippen LogP contribution in [0.15, 0.2) is 53.3 Å². The Morgan fingerprint density at radius 3 is 2.55 bits per heavy atom. The molecule has 2 aromatic carbocycles. The van der Waals surface area contributed by atoms with Crippen LogP contribution in [0, 0.1) is 10.1 Å². The molecule has 0 aliphatic carbocycles. The van der Waals surface area contributed by atoms with Gasteiger partial charge in [-0.2, -0.15) is 0 Å². The summed E-state index contributed by atoms with van der Waals surface area (Å²) in [7, 11) is 0. The molecule has 1 amide bonds. The van der Waals surface area contributed by atoms with Gasteiger partial charge >= 0.3 is 5.69 Å². The minimum Gasteiger partial charge on any atom is -0.334 e. The number of rotatable bonds is 6. The summed E-state index contributed by atoms with van der Waals surface area (Å²) in [6.45, 7) is 0. The summed E-state index contributed by atoms with van der Waals surface area (Å²) in [5, 5.41) is 15.0. The average Bonchev–Trinajstić information content (AvgIpc) is 2.66. The molecule has 0 saturated heterocycles. The first-order valence-corrected chi connectivity index (χ1v) is 9.43. The molecule has 0 aliphatic heterocycles. The van der Waals surface area contributed by atoms with Gasteiger partial charge in [0.05, 0.1) is 15.5 Å². The third kappa shape index (κ3) is 5.11. The monoisotopic (exact) mass is 496 g/mol. The van der Waals surface area contributed by atoms with Crippen molar-refractivity contribution in [3.63, 3.8) is 0 Å². The summed E-state index contributed by atoms with van der Waals surface area (Å²) in [4.78, 5) is 31.0. The molecule has 0 atom stereocenters. The molecule has 3 N–H and O–H groups in total. The Morgan fingerprint density at radius 1 is 1.10 bits per heavy atom. The molecule has 0 bridgehead atoms. The number of hydrogen-bond donors (Lipinski definition) is 3. The van der Waals surface area contributed by atoms with Crippen molar-refractivity contribution >= 4 is 68.0 Å². The quantitative estimate of drug-likeness (QED) is 0.325. The van der Waals surface area contributed by atoms with E-state index in [-0.39, 0.29) is 22.2 Å². The molecule has 9 nitrogen and oxygen atoms in total. The van der Waals surface area contributed by atoms with E-state index in [4.69, 9.17) is 23.2 Å². The molecule has 0 aliphatic rings. The lowest BCUT2D eigenvalue weighted by Gasteiger charge is -2.11. The predicted molar refractivity (Wildman–Crippen MR) is 114 cm³/mol. The molecule has 1 aromatic heterocycles. The molecule has 0 saturated carbocycles. The maximum Gasteiger partial charge on any atom is 0.355 e. The number of nitro groups is 1. The van der Waals surface area contributed by atoms with Crippen LogP contribution < -0.4 is 16.2 Å². The first-order valence-electron chi connectivity index (χ1n) is 7.88. The third-order valence-corrected chi connectivity index (χ3v) is 4.60. The van der Waals surface area contributed by atoms with E-state index in [9.17, 15) is 14.9 Å². The van der Waals surface area contributed by atoms with Crippen LogP contribution in [0.5, 0.6) is 0 Å². The number of anilines is 3. The number of benzene rings is 2. The van der Waals surface area contributed by atoms with Crippen molar-refractivity contribution in [1.82, 2.24) is 15.4 Å². The number of halogens is 3. The fraction of sp³-hybridized carbons (Fsp3) is 0. The number of amides is 1. The van der Waals surface area contributed by atoms with Crippen LogP contribution >= 0.6 is 39.1 Å². The molecular formula is C17H11BrCl2N6O3. The number of nitrogens with one attached hydrogen (secondary N) is 3. The van der Waals surface area contributed by atoms with Crippen LogP contribution in [-0.2, 0) is 0 Å². The Kier molecular flexibility index (Phi) is 6.47. The second-order valence-corrected chi connectivity index (χ2v) is 7.27. The molecule has 0 fully saturated rings. The smallest absolute Gasteiger partial charge is 0.334 e. The fourth-order valence-electron chi connectivity index (χ4n) is 2.29. The van der Waals surface area contributed by atoms with E-state index in [2.05, 4.69) is 42.1 Å². The van der Waals surface area contributed by atoms with E-state index in [1.807, 2.05) is 6.07 Å². The van der Waals surface area contributed by atoms with Crippen LogP contribution in [0.4, 0.5) is 23.0 Å². The van der Waals surface area contributed by atoms with Crippen LogP contribution in [0.2, 0.25) is 10.0 Å². The van der Waals surface area contributed by atoms with Crippen LogP contribution in [-0.4, -0.2) is 20.8 Å². The van der Waals surface area contributed by atoms with Crippen molar-refractivity contribution in [3.05, 3.63) is 79.0 Å². The Balaban J connectivity index is 1.83. The van der Waals surface area contributed by atoms with Gasteiger partial charge in [0.25, 0.3) is 5.91 Å². The summed E-state index contributed by atoms with van der Waals surface area (Å²) in [6, 6.07) is 11.3. The van der Waals surface area contributed by atoms with Crippen molar-refractivity contribution in [2.75, 3.05) is 10.7 Å². The topological polar surface area (TPSA) is 122 Å². The van der Waals surface area contributed by atoms with E-state index < -0.39 is 16.5 Å². The summed E-state index contributed by atoms with van der Waals surface area (Å²) in [5.74, 6) is -0.883. The van der Waals surface area contributed by atoms with E-state index in [1.54, 1.807) is 18.2 Å². The number of nitrogens with zero attached hydrogens (tertiary/aromatic N) is 3. The van der Waals surface area contributed by atoms with E-state index in [0.29, 0.717) is 10.7 Å². The van der Waals surface area contributed by atoms with E-state index in [1.165, 1.54) is 18.2 Å². The highest BCUT2D eigenvalue weighted by Crippen LogP contribution is 2.31. The molecule has 29 heavy (non-hydrogen) atoms. The Labute approximate surface area is 182 Å². The SMILES string of the molecule is O=C(NNc1ncnc(Nc2cccc(Br)c2)c1[N+](=O)[O-])c1ccc(Cl)cc1Cl. The summed E-state index contributed by atoms with van der Waals surface area (Å²) in [6.07, 6.45) is 1.12. The number of carbonyl (C=O) groups excluding carboxylic acids is 1. The number of carbonyl (C=O) groups is 1. The summed E-state index contributed by atoms with van der Waals surface area (Å²) < 4.78 is 0.782. The normalized spacial score (nSPS) is 10.3. The van der Waals surface area contributed by atoms with Gasteiger partial charge in [-0.25, -0.2) is 9.97 Å². The predicted octanol–water partition coefficient (Wildman–Crippen LogP) is 4.95. The van der Waals surface area contributed by atoms with Gasteiger partial charge in [-0.1, -0.05) is 45.2 Å². The average molecular weight is 498 g/mol. The van der Waals surface area contributed by atoms with Crippen molar-refractivity contribution < 1.29 is 9.72 Å². The third-order valence-electron chi connectivity index (χ3n) is 3.56. The number of hydrogen-bond acceptors (Lipinski definition) is 7. The van der Waals surface area contributed by atoms with E-state index in [0.717, 1.165) is 10.8 Å². The second-order valence-electron chi connectivity index (χ2n) is 5.52. The first-order chi connectivity index (χ1) is 13.8. The van der Waals surface area contributed by atoms with Crippen molar-refractivity contribution in [3.8, 4) is 0 Å². The molecule has 3 aromatic rings. The maximum atomic E-state index is 12.3. The highest BCUT2D eigenvalue weighted by molar-refractivity contribution is 9.10. The van der Waals surface area contributed by atoms with Gasteiger partial charge in [0.15, 0.2) is 0 Å². The molecule has 3 rings (SSSR count). The molecule has 12 heteroatoms. The lowest BCUT2D eigenvalue weighted by molar-refractivity contribution is -0.383. The van der Waals surface area contributed by atoms with Crippen molar-refractivity contribution in [1.29, 1.82) is 0 Å².